The molecule has 0 spiro atoms. The molecule has 3 aromatic rings. The zero-order valence-corrected chi connectivity index (χ0v) is 12.0. The van der Waals surface area contributed by atoms with E-state index in [1.165, 1.54) is 6.20 Å². The number of nitrogens with zero attached hydrogens (tertiary/aromatic N) is 2. The first-order valence-electron chi connectivity index (χ1n) is 6.39. The van der Waals surface area contributed by atoms with Gasteiger partial charge in [-0.2, -0.15) is 0 Å². The summed E-state index contributed by atoms with van der Waals surface area (Å²) in [4.78, 5) is 18.7. The molecule has 2 aromatic carbocycles. The van der Waals surface area contributed by atoms with Crippen LogP contribution in [0, 0.1) is 6.57 Å². The third-order valence-electron chi connectivity index (χ3n) is 3.41. The molecule has 5 heteroatoms. The SMILES string of the molecule is [C-]#[N+]c1ccc2ccc(C(=O)O)cc2c1-c1ccncc1Cl. The fourth-order valence-corrected chi connectivity index (χ4v) is 2.61. The Hall–Kier alpha value is -2.90. The molecule has 0 saturated carbocycles. The number of benzene rings is 2. The molecule has 0 saturated heterocycles. The van der Waals surface area contributed by atoms with Crippen molar-refractivity contribution in [2.45, 2.75) is 0 Å². The van der Waals surface area contributed by atoms with E-state index >= 15 is 0 Å². The lowest BCUT2D eigenvalue weighted by Gasteiger charge is -2.11. The number of hydrogen-bond donors (Lipinski definition) is 1. The second-order valence-electron chi connectivity index (χ2n) is 4.67. The van der Waals surface area contributed by atoms with Gasteiger partial charge in [-0.05, 0) is 40.1 Å². The smallest absolute Gasteiger partial charge is 0.335 e. The van der Waals surface area contributed by atoms with Crippen molar-refractivity contribution in [1.82, 2.24) is 4.98 Å². The number of carboxylic acids is 1. The standard InChI is InChI=1S/C17H9ClN2O2/c1-19-15-5-4-10-2-3-11(17(21)22)8-13(10)16(15)12-6-7-20-9-14(12)18/h2-9H,(H,21,22). The number of rotatable bonds is 2. The Morgan fingerprint density at radius 2 is 2.00 bits per heavy atom. The molecule has 0 aliphatic heterocycles. The second-order valence-corrected chi connectivity index (χ2v) is 5.08. The van der Waals surface area contributed by atoms with Gasteiger partial charge in [-0.25, -0.2) is 9.64 Å². The summed E-state index contributed by atoms with van der Waals surface area (Å²) in [5.41, 5.74) is 1.88. The van der Waals surface area contributed by atoms with E-state index in [2.05, 4.69) is 9.83 Å². The molecular weight excluding hydrogens is 300 g/mol. The van der Waals surface area contributed by atoms with Crippen molar-refractivity contribution in [1.29, 1.82) is 0 Å². The van der Waals surface area contributed by atoms with Gasteiger partial charge in [0.25, 0.3) is 0 Å². The topological polar surface area (TPSA) is 54.5 Å². The lowest BCUT2D eigenvalue weighted by molar-refractivity contribution is 0.0697. The van der Waals surface area contributed by atoms with Crippen LogP contribution >= 0.6 is 11.6 Å². The van der Waals surface area contributed by atoms with E-state index in [0.29, 0.717) is 27.2 Å². The molecule has 1 aromatic heterocycles. The molecule has 0 bridgehead atoms. The normalized spacial score (nSPS) is 10.4. The number of halogens is 1. The van der Waals surface area contributed by atoms with Crippen LogP contribution in [0.4, 0.5) is 5.69 Å². The zero-order chi connectivity index (χ0) is 15.7. The summed E-state index contributed by atoms with van der Waals surface area (Å²) in [6.07, 6.45) is 3.10. The summed E-state index contributed by atoms with van der Waals surface area (Å²) in [6, 6.07) is 10.1. The highest BCUT2D eigenvalue weighted by atomic mass is 35.5. The minimum atomic E-state index is -1.01. The molecule has 4 nitrogen and oxygen atoms in total. The Balaban J connectivity index is 2.45. The van der Waals surface area contributed by atoms with Crippen LogP contribution in [0.5, 0.6) is 0 Å². The van der Waals surface area contributed by atoms with E-state index in [0.717, 1.165) is 5.39 Å². The third kappa shape index (κ3) is 2.28. The summed E-state index contributed by atoms with van der Waals surface area (Å²) in [7, 11) is 0. The molecular formula is C17H9ClN2O2. The van der Waals surface area contributed by atoms with Gasteiger partial charge in [-0.15, -0.1) is 0 Å². The monoisotopic (exact) mass is 308 g/mol. The first-order valence-corrected chi connectivity index (χ1v) is 6.77. The van der Waals surface area contributed by atoms with Crippen molar-refractivity contribution in [3.63, 3.8) is 0 Å². The molecule has 106 valence electrons. The molecule has 22 heavy (non-hydrogen) atoms. The van der Waals surface area contributed by atoms with E-state index in [9.17, 15) is 9.90 Å². The summed E-state index contributed by atoms with van der Waals surface area (Å²) in [5.74, 6) is -1.01. The molecule has 0 aliphatic carbocycles. The fourth-order valence-electron chi connectivity index (χ4n) is 2.40. The fraction of sp³-hybridized carbons (Fsp3) is 0. The number of hydrogen-bond acceptors (Lipinski definition) is 2. The summed E-state index contributed by atoms with van der Waals surface area (Å²) >= 11 is 6.21. The summed E-state index contributed by atoms with van der Waals surface area (Å²) < 4.78 is 0. The molecule has 0 unspecified atom stereocenters. The van der Waals surface area contributed by atoms with Gasteiger partial charge in [0.1, 0.15) is 0 Å². The Labute approximate surface area is 131 Å². The van der Waals surface area contributed by atoms with Gasteiger partial charge < -0.3 is 5.11 Å². The number of aromatic carboxylic acids is 1. The molecule has 0 aliphatic rings. The largest absolute Gasteiger partial charge is 0.478 e. The van der Waals surface area contributed by atoms with Crippen molar-refractivity contribution in [2.24, 2.45) is 0 Å². The maximum Gasteiger partial charge on any atom is 0.335 e. The maximum atomic E-state index is 11.2. The van der Waals surface area contributed by atoms with Crippen LogP contribution in [-0.4, -0.2) is 16.1 Å². The Kier molecular flexibility index (Phi) is 3.50. The van der Waals surface area contributed by atoms with Gasteiger partial charge >= 0.3 is 5.97 Å². The van der Waals surface area contributed by atoms with Crippen molar-refractivity contribution < 1.29 is 9.90 Å². The van der Waals surface area contributed by atoms with Gasteiger partial charge in [0.2, 0.25) is 0 Å². The van der Waals surface area contributed by atoms with Crippen LogP contribution < -0.4 is 0 Å². The molecule has 0 atom stereocenters. The number of aromatic nitrogens is 1. The van der Waals surface area contributed by atoms with Crippen LogP contribution in [0.25, 0.3) is 26.7 Å². The van der Waals surface area contributed by atoms with E-state index in [1.54, 1.807) is 42.6 Å². The van der Waals surface area contributed by atoms with Crippen LogP contribution in [0.2, 0.25) is 5.02 Å². The maximum absolute atomic E-state index is 11.2. The summed E-state index contributed by atoms with van der Waals surface area (Å²) in [6.45, 7) is 7.37. The van der Waals surface area contributed by atoms with Crippen molar-refractivity contribution in [3.05, 3.63) is 70.8 Å². The molecule has 0 amide bonds. The minimum absolute atomic E-state index is 0.168. The Morgan fingerprint density at radius 3 is 2.68 bits per heavy atom. The summed E-state index contributed by atoms with van der Waals surface area (Å²) in [5, 5.41) is 11.1. The van der Waals surface area contributed by atoms with E-state index in [4.69, 9.17) is 18.2 Å². The van der Waals surface area contributed by atoms with Gasteiger partial charge in [0, 0.05) is 12.4 Å². The first kappa shape index (κ1) is 14.1. The lowest BCUT2D eigenvalue weighted by Crippen LogP contribution is -1.96. The second kappa shape index (κ2) is 5.47. The number of carbonyl (C=O) groups is 1. The van der Waals surface area contributed by atoms with Gasteiger partial charge in [-0.1, -0.05) is 29.8 Å². The third-order valence-corrected chi connectivity index (χ3v) is 3.71. The van der Waals surface area contributed by atoms with Crippen LogP contribution in [-0.2, 0) is 0 Å². The Morgan fingerprint density at radius 1 is 1.23 bits per heavy atom. The average Bonchev–Trinajstić information content (AvgIpc) is 2.54. The van der Waals surface area contributed by atoms with E-state index in [-0.39, 0.29) is 5.56 Å². The van der Waals surface area contributed by atoms with Crippen molar-refractivity contribution >= 4 is 34.0 Å². The average molecular weight is 309 g/mol. The first-order chi connectivity index (χ1) is 10.6. The van der Waals surface area contributed by atoms with E-state index in [1.807, 2.05) is 0 Å². The molecule has 0 radical (unpaired) electrons. The van der Waals surface area contributed by atoms with E-state index < -0.39 is 5.97 Å². The number of carboxylic acid groups (broad SMARTS) is 1. The highest BCUT2D eigenvalue weighted by molar-refractivity contribution is 6.34. The number of fused-ring (bicyclic) bond motifs is 1. The zero-order valence-electron chi connectivity index (χ0n) is 11.2. The van der Waals surface area contributed by atoms with Crippen molar-refractivity contribution in [3.8, 4) is 11.1 Å². The number of pyridine rings is 1. The highest BCUT2D eigenvalue weighted by Crippen LogP contribution is 2.40. The van der Waals surface area contributed by atoms with Gasteiger partial charge in [0.05, 0.1) is 17.2 Å². The predicted molar refractivity (Wildman–Crippen MR) is 85.4 cm³/mol. The molecule has 0 fully saturated rings. The van der Waals surface area contributed by atoms with Gasteiger partial charge in [-0.3, -0.25) is 4.98 Å². The Bertz CT molecular complexity index is 945. The highest BCUT2D eigenvalue weighted by Gasteiger charge is 2.14. The lowest BCUT2D eigenvalue weighted by atomic mass is 9.95. The molecule has 1 heterocycles. The van der Waals surface area contributed by atoms with Crippen LogP contribution in [0.15, 0.2) is 48.8 Å². The van der Waals surface area contributed by atoms with Crippen molar-refractivity contribution in [2.75, 3.05) is 0 Å². The molecule has 3 rings (SSSR count). The van der Waals surface area contributed by atoms with Crippen LogP contribution in [0.1, 0.15) is 10.4 Å². The molecule has 1 N–H and O–H groups in total. The quantitative estimate of drug-likeness (QED) is 0.692. The predicted octanol–water partition coefficient (Wildman–Crippen LogP) is 4.80. The minimum Gasteiger partial charge on any atom is -0.478 e. The van der Waals surface area contributed by atoms with Crippen LogP contribution in [0.3, 0.4) is 0 Å². The van der Waals surface area contributed by atoms with Gasteiger partial charge in [0.15, 0.2) is 5.69 Å².